The number of hydrogen-bond donors (Lipinski definition) is 2. The molecule has 0 fully saturated rings. The van der Waals surface area contributed by atoms with E-state index >= 15 is 0 Å². The van der Waals surface area contributed by atoms with E-state index in [9.17, 15) is 23.1 Å². The van der Waals surface area contributed by atoms with Crippen molar-refractivity contribution in [2.45, 2.75) is 17.5 Å². The molecule has 1 amide bonds. The highest BCUT2D eigenvalue weighted by Crippen LogP contribution is 2.13. The van der Waals surface area contributed by atoms with Crippen molar-refractivity contribution >= 4 is 15.9 Å². The zero-order valence-electron chi connectivity index (χ0n) is 14.5. The highest BCUT2D eigenvalue weighted by Gasteiger charge is 2.17. The number of carbonyl (C=O) groups excluding carboxylic acids is 1. The summed E-state index contributed by atoms with van der Waals surface area (Å²) in [5.41, 5.74) is 0.0300. The monoisotopic (exact) mass is 379 g/mol. The lowest BCUT2D eigenvalue weighted by molar-refractivity contribution is 0.0903. The van der Waals surface area contributed by atoms with Gasteiger partial charge in [-0.3, -0.25) is 9.59 Å². The zero-order chi connectivity index (χ0) is 19.3. The van der Waals surface area contributed by atoms with Crippen LogP contribution in [-0.2, 0) is 16.6 Å². The number of benzene rings is 1. The molecule has 9 heteroatoms. The van der Waals surface area contributed by atoms with Crippen LogP contribution in [0.25, 0.3) is 0 Å². The zero-order valence-corrected chi connectivity index (χ0v) is 15.3. The number of nitrogens with one attached hydrogen (secondary N) is 1. The van der Waals surface area contributed by atoms with Crippen LogP contribution in [0, 0.1) is 0 Å². The second-order valence-corrected chi connectivity index (χ2v) is 8.02. The second-order valence-electron chi connectivity index (χ2n) is 5.87. The van der Waals surface area contributed by atoms with Crippen LogP contribution < -0.4 is 10.9 Å². The minimum atomic E-state index is -3.55. The number of nitrogens with zero attached hydrogens (tertiary/aromatic N) is 2. The van der Waals surface area contributed by atoms with E-state index in [0.29, 0.717) is 0 Å². The third-order valence-electron chi connectivity index (χ3n) is 3.70. The maximum atomic E-state index is 12.1. The number of pyridine rings is 1. The number of aliphatic hydroxyl groups excluding tert-OH is 1. The normalized spacial score (nSPS) is 12.8. The van der Waals surface area contributed by atoms with Crippen LogP contribution in [-0.4, -0.2) is 55.0 Å². The SMILES string of the molecule is CN(C)S(=O)(=O)c1ccc(C(=O)NCC(O)Cn2ccccc2=O)cc1. The molecule has 26 heavy (non-hydrogen) atoms. The van der Waals surface area contributed by atoms with E-state index in [1.807, 2.05) is 0 Å². The fourth-order valence-electron chi connectivity index (χ4n) is 2.20. The number of carbonyl (C=O) groups is 1. The minimum Gasteiger partial charge on any atom is -0.389 e. The summed E-state index contributed by atoms with van der Waals surface area (Å²) >= 11 is 0. The van der Waals surface area contributed by atoms with Crippen molar-refractivity contribution in [3.8, 4) is 0 Å². The molecule has 8 nitrogen and oxygen atoms in total. The van der Waals surface area contributed by atoms with Gasteiger partial charge in [0.15, 0.2) is 0 Å². The number of rotatable bonds is 7. The van der Waals surface area contributed by atoms with Crippen LogP contribution in [0.1, 0.15) is 10.4 Å². The van der Waals surface area contributed by atoms with Crippen molar-refractivity contribution in [1.82, 2.24) is 14.2 Å². The van der Waals surface area contributed by atoms with Gasteiger partial charge in [-0.15, -0.1) is 0 Å². The first-order valence-electron chi connectivity index (χ1n) is 7.86. The molecule has 0 spiro atoms. The molecule has 1 unspecified atom stereocenters. The van der Waals surface area contributed by atoms with Crippen molar-refractivity contribution < 1.29 is 18.3 Å². The summed E-state index contributed by atoms with van der Waals surface area (Å²) in [6, 6.07) is 10.2. The maximum Gasteiger partial charge on any atom is 0.251 e. The summed E-state index contributed by atoms with van der Waals surface area (Å²) < 4.78 is 26.4. The molecule has 0 aliphatic rings. The van der Waals surface area contributed by atoms with Crippen LogP contribution in [0.3, 0.4) is 0 Å². The van der Waals surface area contributed by atoms with Gasteiger partial charge in [-0.2, -0.15) is 0 Å². The molecule has 1 heterocycles. The Morgan fingerprint density at radius 2 is 1.85 bits per heavy atom. The molecule has 0 saturated carbocycles. The molecule has 0 saturated heterocycles. The van der Waals surface area contributed by atoms with Crippen molar-refractivity contribution in [1.29, 1.82) is 0 Å². The van der Waals surface area contributed by atoms with E-state index in [1.165, 1.54) is 49.0 Å². The molecule has 1 atom stereocenters. The number of hydrogen-bond acceptors (Lipinski definition) is 5. The van der Waals surface area contributed by atoms with Gasteiger partial charge in [-0.05, 0) is 30.3 Å². The molecular weight excluding hydrogens is 358 g/mol. The summed E-state index contributed by atoms with van der Waals surface area (Å²) in [5, 5.41) is 12.5. The Bertz CT molecular complexity index is 920. The molecule has 0 aliphatic carbocycles. The summed E-state index contributed by atoms with van der Waals surface area (Å²) in [4.78, 5) is 23.8. The first-order chi connectivity index (χ1) is 12.2. The molecule has 0 bridgehead atoms. The smallest absolute Gasteiger partial charge is 0.251 e. The van der Waals surface area contributed by atoms with Gasteiger partial charge in [0.2, 0.25) is 10.0 Å². The molecule has 2 aromatic rings. The number of sulfonamides is 1. The molecule has 1 aromatic carbocycles. The van der Waals surface area contributed by atoms with E-state index in [2.05, 4.69) is 5.32 Å². The Morgan fingerprint density at radius 3 is 2.42 bits per heavy atom. The molecule has 2 N–H and O–H groups in total. The summed E-state index contributed by atoms with van der Waals surface area (Å²) in [6.07, 6.45) is 0.615. The van der Waals surface area contributed by atoms with Gasteiger partial charge in [0.25, 0.3) is 11.5 Å². The van der Waals surface area contributed by atoms with Crippen molar-refractivity contribution in [3.05, 3.63) is 64.6 Å². The highest BCUT2D eigenvalue weighted by atomic mass is 32.2. The number of amides is 1. The first kappa shape index (κ1) is 19.8. The predicted octanol–water partition coefficient (Wildman–Crippen LogP) is -0.110. The Hall–Kier alpha value is -2.49. The van der Waals surface area contributed by atoms with Crippen molar-refractivity contribution in [2.24, 2.45) is 0 Å². The summed E-state index contributed by atoms with van der Waals surface area (Å²) in [5.74, 6) is -0.446. The Kier molecular flexibility index (Phi) is 6.30. The standard InChI is InChI=1S/C17H21N3O5S/c1-19(2)26(24,25)15-8-6-13(7-9-15)17(23)18-11-14(21)12-20-10-4-3-5-16(20)22/h3-10,14,21H,11-12H2,1-2H3,(H,18,23). The van der Waals surface area contributed by atoms with Crippen LogP contribution in [0.5, 0.6) is 0 Å². The molecule has 1 aromatic heterocycles. The highest BCUT2D eigenvalue weighted by molar-refractivity contribution is 7.89. The van der Waals surface area contributed by atoms with E-state index < -0.39 is 22.0 Å². The van der Waals surface area contributed by atoms with Gasteiger partial charge in [0.1, 0.15) is 0 Å². The van der Waals surface area contributed by atoms with Gasteiger partial charge in [0, 0.05) is 38.5 Å². The lowest BCUT2D eigenvalue weighted by Gasteiger charge is -2.14. The van der Waals surface area contributed by atoms with Gasteiger partial charge in [0.05, 0.1) is 17.5 Å². The summed E-state index contributed by atoms with van der Waals surface area (Å²) in [7, 11) is -0.702. The Balaban J connectivity index is 1.96. The van der Waals surface area contributed by atoms with E-state index in [4.69, 9.17) is 0 Å². The third-order valence-corrected chi connectivity index (χ3v) is 5.53. The van der Waals surface area contributed by atoms with Gasteiger partial charge in [-0.1, -0.05) is 6.07 Å². The molecule has 2 rings (SSSR count). The lowest BCUT2D eigenvalue weighted by Crippen LogP contribution is -2.36. The topological polar surface area (TPSA) is 109 Å². The quantitative estimate of drug-likeness (QED) is 0.698. The Labute approximate surface area is 151 Å². The molecule has 0 aliphatic heterocycles. The van der Waals surface area contributed by atoms with E-state index in [0.717, 1.165) is 4.31 Å². The molecular formula is C17H21N3O5S. The molecule has 0 radical (unpaired) electrons. The van der Waals surface area contributed by atoms with Crippen molar-refractivity contribution in [3.63, 3.8) is 0 Å². The van der Waals surface area contributed by atoms with E-state index in [-0.39, 0.29) is 29.1 Å². The fraction of sp³-hybridized carbons (Fsp3) is 0.294. The minimum absolute atomic E-state index is 0.0437. The number of aliphatic hydroxyl groups is 1. The summed E-state index contributed by atoms with van der Waals surface area (Å²) in [6.45, 7) is 0.0118. The fourth-order valence-corrected chi connectivity index (χ4v) is 3.11. The Morgan fingerprint density at radius 1 is 1.19 bits per heavy atom. The lowest BCUT2D eigenvalue weighted by atomic mass is 10.2. The van der Waals surface area contributed by atoms with Gasteiger partial charge < -0.3 is 15.0 Å². The van der Waals surface area contributed by atoms with Crippen LogP contribution in [0.2, 0.25) is 0 Å². The van der Waals surface area contributed by atoms with Crippen molar-refractivity contribution in [2.75, 3.05) is 20.6 Å². The maximum absolute atomic E-state index is 12.1. The van der Waals surface area contributed by atoms with E-state index in [1.54, 1.807) is 18.3 Å². The van der Waals surface area contributed by atoms with Crippen LogP contribution >= 0.6 is 0 Å². The largest absolute Gasteiger partial charge is 0.389 e. The number of aromatic nitrogens is 1. The predicted molar refractivity (Wildman–Crippen MR) is 96.4 cm³/mol. The van der Waals surface area contributed by atoms with Gasteiger partial charge >= 0.3 is 0 Å². The average Bonchev–Trinajstić information content (AvgIpc) is 2.61. The first-order valence-corrected chi connectivity index (χ1v) is 9.30. The average molecular weight is 379 g/mol. The third kappa shape index (κ3) is 4.78. The second kappa shape index (κ2) is 8.26. The van der Waals surface area contributed by atoms with Crippen LogP contribution in [0.4, 0.5) is 0 Å². The molecule has 140 valence electrons. The van der Waals surface area contributed by atoms with Crippen LogP contribution in [0.15, 0.2) is 58.4 Å². The van der Waals surface area contributed by atoms with Gasteiger partial charge in [-0.25, -0.2) is 12.7 Å².